The summed E-state index contributed by atoms with van der Waals surface area (Å²) in [4.78, 5) is 42.2. The van der Waals surface area contributed by atoms with E-state index in [2.05, 4.69) is 6.07 Å². The van der Waals surface area contributed by atoms with E-state index in [0.717, 1.165) is 28.7 Å². The normalized spacial score (nSPS) is 25.1. The number of hydrogen-bond donors (Lipinski definition) is 2. The number of hydroxylamine groups is 1. The number of carbonyl (C=O) groups excluding carboxylic acids is 3. The van der Waals surface area contributed by atoms with E-state index < -0.39 is 39.3 Å². The predicted octanol–water partition coefficient (Wildman–Crippen LogP) is 4.06. The number of likely N-dealkylation sites (tertiary alicyclic amines) is 2. The van der Waals surface area contributed by atoms with Gasteiger partial charge in [0.1, 0.15) is 13.2 Å². The first-order valence-corrected chi connectivity index (χ1v) is 18.6. The van der Waals surface area contributed by atoms with E-state index in [9.17, 15) is 33.3 Å². The van der Waals surface area contributed by atoms with Gasteiger partial charge in [-0.2, -0.15) is 9.57 Å². The summed E-state index contributed by atoms with van der Waals surface area (Å²) >= 11 is 0. The van der Waals surface area contributed by atoms with Crippen molar-refractivity contribution in [1.29, 1.82) is 5.26 Å². The van der Waals surface area contributed by atoms with Gasteiger partial charge in [-0.15, -0.1) is 0 Å². The summed E-state index contributed by atoms with van der Waals surface area (Å²) in [7, 11) is -3.89. The van der Waals surface area contributed by atoms with Crippen LogP contribution < -0.4 is 5.48 Å². The van der Waals surface area contributed by atoms with Gasteiger partial charge >= 0.3 is 12.2 Å². The molecule has 4 atom stereocenters. The molecule has 1 unspecified atom stereocenters. The Morgan fingerprint density at radius 2 is 1.78 bits per heavy atom. The lowest BCUT2D eigenvalue weighted by atomic mass is 9.86. The van der Waals surface area contributed by atoms with Crippen LogP contribution in [-0.2, 0) is 30.9 Å². The molecule has 1 saturated carbocycles. The second kappa shape index (κ2) is 14.8. The highest BCUT2D eigenvalue weighted by Crippen LogP contribution is 2.50. The van der Waals surface area contributed by atoms with Crippen molar-refractivity contribution >= 4 is 33.7 Å². The van der Waals surface area contributed by atoms with Crippen LogP contribution in [-0.4, -0.2) is 96.9 Å². The largest absolute Gasteiger partial charge is 0.447 e. The number of nitrogens with zero attached hydrogens (tertiary/aromatic N) is 4. The fourth-order valence-corrected chi connectivity index (χ4v) is 10.0. The van der Waals surface area contributed by atoms with Gasteiger partial charge in [0, 0.05) is 32.7 Å². The number of sulfonamides is 1. The summed E-state index contributed by atoms with van der Waals surface area (Å²) in [5.74, 6) is -1.45. The molecule has 3 heterocycles. The smallest absolute Gasteiger partial charge is 0.410 e. The van der Waals surface area contributed by atoms with Crippen molar-refractivity contribution in [2.45, 2.75) is 51.7 Å². The third-order valence-electron chi connectivity index (χ3n) is 10.7. The van der Waals surface area contributed by atoms with Gasteiger partial charge in [0.2, 0.25) is 10.0 Å². The average Bonchev–Trinajstić information content (AvgIpc) is 3.84. The molecule has 50 heavy (non-hydrogen) atoms. The first-order valence-electron chi connectivity index (χ1n) is 17.0. The third-order valence-corrected chi connectivity index (χ3v) is 12.7. The molecule has 0 bridgehead atoms. The Morgan fingerprint density at radius 1 is 1.04 bits per heavy atom. The Balaban J connectivity index is 1.02. The maximum atomic E-state index is 13.7. The second-order valence-corrected chi connectivity index (χ2v) is 15.9. The van der Waals surface area contributed by atoms with E-state index in [-0.39, 0.29) is 57.0 Å². The molecule has 0 radical (unpaired) electrons. The molecular formula is C36H43N5O8S. The zero-order valence-electron chi connectivity index (χ0n) is 28.1. The maximum Gasteiger partial charge on any atom is 0.410 e. The number of hydrogen-bond acceptors (Lipinski definition) is 9. The van der Waals surface area contributed by atoms with Crippen molar-refractivity contribution < 1.29 is 37.5 Å². The quantitative estimate of drug-likeness (QED) is 0.289. The fraction of sp³-hybridized carbons (Fsp3) is 0.500. The van der Waals surface area contributed by atoms with Gasteiger partial charge < -0.3 is 19.3 Å². The van der Waals surface area contributed by atoms with Gasteiger partial charge in [0.25, 0.3) is 5.91 Å². The van der Waals surface area contributed by atoms with Gasteiger partial charge in [-0.3, -0.25) is 10.0 Å². The van der Waals surface area contributed by atoms with Crippen LogP contribution in [0.1, 0.15) is 54.4 Å². The highest BCUT2D eigenvalue weighted by atomic mass is 32.2. The first-order chi connectivity index (χ1) is 24.0. The highest BCUT2D eigenvalue weighted by Gasteiger charge is 2.56. The number of carbonyl (C=O) groups is 3. The van der Waals surface area contributed by atoms with E-state index in [1.807, 2.05) is 55.5 Å². The molecule has 2 aromatic carbocycles. The lowest BCUT2D eigenvalue weighted by Gasteiger charge is -2.33. The minimum Gasteiger partial charge on any atom is -0.447 e. The van der Waals surface area contributed by atoms with Crippen LogP contribution in [0, 0.1) is 35.5 Å². The molecule has 2 aromatic rings. The van der Waals surface area contributed by atoms with Crippen molar-refractivity contribution in [1.82, 2.24) is 19.6 Å². The van der Waals surface area contributed by atoms with Crippen LogP contribution in [0.2, 0.25) is 0 Å². The van der Waals surface area contributed by atoms with E-state index in [1.54, 1.807) is 21.3 Å². The van der Waals surface area contributed by atoms with Crippen LogP contribution >= 0.6 is 0 Å². The molecule has 0 aromatic heterocycles. The minimum absolute atomic E-state index is 0.0386. The van der Waals surface area contributed by atoms with Crippen molar-refractivity contribution in [3.63, 3.8) is 0 Å². The number of fused-ring (bicyclic) bond motifs is 1. The summed E-state index contributed by atoms with van der Waals surface area (Å²) in [6.45, 7) is 3.65. The molecule has 266 valence electrons. The lowest BCUT2D eigenvalue weighted by Crippen LogP contribution is -2.48. The number of ether oxygens (including phenoxy) is 2. The van der Waals surface area contributed by atoms with E-state index in [1.165, 1.54) is 4.31 Å². The zero-order chi connectivity index (χ0) is 35.5. The number of rotatable bonds is 9. The molecule has 4 aliphatic rings. The minimum atomic E-state index is -3.89. The number of benzene rings is 2. The van der Waals surface area contributed by atoms with E-state index in [4.69, 9.17) is 9.47 Å². The Morgan fingerprint density at radius 3 is 2.42 bits per heavy atom. The van der Waals surface area contributed by atoms with Gasteiger partial charge in [-0.05, 0) is 85.3 Å². The molecule has 13 nitrogen and oxygen atoms in total. The molecule has 1 aliphatic carbocycles. The van der Waals surface area contributed by atoms with Gasteiger partial charge in [-0.25, -0.2) is 23.5 Å². The third kappa shape index (κ3) is 7.50. The molecule has 6 rings (SSSR count). The molecule has 3 aliphatic heterocycles. The van der Waals surface area contributed by atoms with Crippen LogP contribution in [0.3, 0.4) is 0 Å². The molecule has 14 heteroatoms. The topological polar surface area (TPSA) is 170 Å². The Hall–Kier alpha value is -4.45. The van der Waals surface area contributed by atoms with Crippen molar-refractivity contribution in [2.75, 3.05) is 45.1 Å². The van der Waals surface area contributed by atoms with Crippen molar-refractivity contribution in [3.05, 3.63) is 76.9 Å². The van der Waals surface area contributed by atoms with Crippen LogP contribution in [0.4, 0.5) is 9.59 Å². The molecular weight excluding hydrogens is 662 g/mol. The molecule has 2 saturated heterocycles. The van der Waals surface area contributed by atoms with Crippen LogP contribution in [0.15, 0.2) is 54.6 Å². The standard InChI is InChI=1S/C36H43N5O8S/c1-25-16-27(19-37)9-10-32(25)28-11-14-40(15-12-28)50(46,47)24-36(33(42)38-45)17-29-20-39(21-30(29)18-36)34(43)49-23-31-8-5-13-41(31)35(44)48-22-26-6-3-2-4-7-26/h2-4,6-7,9-11,16,29-31,45H,5,8,12-15,17-18,20-24H2,1H3,(H,38,42)/t29-,30+,31-,36?/m0/s1. The van der Waals surface area contributed by atoms with Crippen molar-refractivity contribution in [2.24, 2.45) is 17.3 Å². The van der Waals surface area contributed by atoms with E-state index in [0.29, 0.717) is 38.0 Å². The van der Waals surface area contributed by atoms with Crippen LogP contribution in [0.25, 0.3) is 5.57 Å². The molecule has 3 fully saturated rings. The van der Waals surface area contributed by atoms with Gasteiger partial charge in [0.15, 0.2) is 0 Å². The Bertz CT molecular complexity index is 1780. The number of aryl methyl sites for hydroxylation is 1. The zero-order valence-corrected chi connectivity index (χ0v) is 28.9. The Labute approximate surface area is 292 Å². The van der Waals surface area contributed by atoms with Gasteiger partial charge in [0.05, 0.1) is 28.8 Å². The van der Waals surface area contributed by atoms with Crippen molar-refractivity contribution in [3.8, 4) is 6.07 Å². The summed E-state index contributed by atoms with van der Waals surface area (Å²) < 4.78 is 40.0. The SMILES string of the molecule is Cc1cc(C#N)ccc1C1=CCN(S(=O)(=O)CC2(C(=O)NO)C[C@H]3CN(C(=O)OC[C@@H]4CCCN4C(=O)OCc4ccccc4)C[C@H]3C2)CC1. The fourth-order valence-electron chi connectivity index (χ4n) is 8.12. The van der Waals surface area contributed by atoms with E-state index >= 15 is 0 Å². The highest BCUT2D eigenvalue weighted by molar-refractivity contribution is 7.89. The van der Waals surface area contributed by atoms with Gasteiger partial charge in [-0.1, -0.05) is 42.5 Å². The molecule has 3 amide bonds. The van der Waals surface area contributed by atoms with Crippen LogP contribution in [0.5, 0.6) is 0 Å². The number of nitrogens with one attached hydrogen (secondary N) is 1. The second-order valence-electron chi connectivity index (χ2n) is 13.9. The number of amides is 3. The molecule has 2 N–H and O–H groups in total. The Kier molecular flexibility index (Phi) is 10.5. The first kappa shape index (κ1) is 35.4. The predicted molar refractivity (Wildman–Crippen MR) is 182 cm³/mol. The monoisotopic (exact) mass is 705 g/mol. The average molecular weight is 706 g/mol. The summed E-state index contributed by atoms with van der Waals surface area (Å²) in [5.41, 5.74) is 4.76. The summed E-state index contributed by atoms with van der Waals surface area (Å²) in [5, 5.41) is 18.8. The summed E-state index contributed by atoms with van der Waals surface area (Å²) in [6, 6.07) is 16.7. The number of nitriles is 1. The molecule has 0 spiro atoms. The maximum absolute atomic E-state index is 13.7. The summed E-state index contributed by atoms with van der Waals surface area (Å²) in [6.07, 6.45) is 3.28. The lowest BCUT2D eigenvalue weighted by molar-refractivity contribution is -0.138.